The standard InChI is InChI=1S/C23H18N4O5/c1-12-6-8-13(9-7-12)27-22(31)17-18(24-25-19(17)23(27)32)16(28)10-11-26-20(29)14-4-2-3-5-15(14)21(26)30/h2-9,17,19,25H,10-11H2,1H3/t17-,19-/m1/s1. The average molecular weight is 430 g/mol. The van der Waals surface area contributed by atoms with Gasteiger partial charge in [0.15, 0.2) is 5.78 Å². The van der Waals surface area contributed by atoms with Gasteiger partial charge in [-0.3, -0.25) is 34.3 Å². The van der Waals surface area contributed by atoms with Gasteiger partial charge in [0.05, 0.1) is 16.8 Å². The van der Waals surface area contributed by atoms with E-state index in [0.29, 0.717) is 16.8 Å². The Labute approximate surface area is 182 Å². The molecule has 4 amide bonds. The van der Waals surface area contributed by atoms with E-state index in [2.05, 4.69) is 10.5 Å². The lowest BCUT2D eigenvalue weighted by molar-refractivity contribution is -0.122. The van der Waals surface area contributed by atoms with Crippen molar-refractivity contribution in [3.63, 3.8) is 0 Å². The number of fused-ring (bicyclic) bond motifs is 2. The van der Waals surface area contributed by atoms with Crippen molar-refractivity contribution in [1.29, 1.82) is 0 Å². The van der Waals surface area contributed by atoms with Gasteiger partial charge >= 0.3 is 0 Å². The van der Waals surface area contributed by atoms with E-state index in [-0.39, 0.29) is 18.7 Å². The summed E-state index contributed by atoms with van der Waals surface area (Å²) < 4.78 is 0. The van der Waals surface area contributed by atoms with Gasteiger partial charge < -0.3 is 0 Å². The number of nitrogens with one attached hydrogen (secondary N) is 1. The van der Waals surface area contributed by atoms with Gasteiger partial charge in [0.2, 0.25) is 5.91 Å². The molecule has 2 aromatic carbocycles. The Kier molecular flexibility index (Phi) is 4.47. The van der Waals surface area contributed by atoms with Crippen LogP contribution in [0, 0.1) is 12.8 Å². The summed E-state index contributed by atoms with van der Waals surface area (Å²) in [7, 11) is 0. The number of imide groups is 2. The monoisotopic (exact) mass is 430 g/mol. The highest BCUT2D eigenvalue weighted by atomic mass is 16.2. The lowest BCUT2D eigenvalue weighted by atomic mass is 9.94. The van der Waals surface area contributed by atoms with Gasteiger partial charge in [0.1, 0.15) is 17.7 Å². The summed E-state index contributed by atoms with van der Waals surface area (Å²) in [5.74, 6) is -3.44. The summed E-state index contributed by atoms with van der Waals surface area (Å²) in [6.07, 6.45) is -0.193. The van der Waals surface area contributed by atoms with Gasteiger partial charge in [-0.1, -0.05) is 29.8 Å². The first-order valence-corrected chi connectivity index (χ1v) is 10.1. The van der Waals surface area contributed by atoms with Crippen molar-refractivity contribution in [2.45, 2.75) is 19.4 Å². The molecule has 0 spiro atoms. The van der Waals surface area contributed by atoms with E-state index >= 15 is 0 Å². The Balaban J connectivity index is 1.30. The minimum atomic E-state index is -1.03. The van der Waals surface area contributed by atoms with E-state index in [1.54, 1.807) is 48.5 Å². The first-order chi connectivity index (χ1) is 15.4. The molecule has 0 radical (unpaired) electrons. The molecule has 0 aromatic heterocycles. The number of amides is 4. The molecule has 9 nitrogen and oxygen atoms in total. The summed E-state index contributed by atoms with van der Waals surface area (Å²) in [6.45, 7) is 1.76. The third-order valence-electron chi connectivity index (χ3n) is 5.94. The van der Waals surface area contributed by atoms with E-state index < -0.39 is 41.4 Å². The SMILES string of the molecule is Cc1ccc(N2C(=O)[C@@H]3C(C(=O)CCN4C(=O)c5ccccc5C4=O)=NN[C@H]3C2=O)cc1. The third kappa shape index (κ3) is 2.85. The Bertz CT molecular complexity index is 1200. The molecule has 9 heteroatoms. The molecule has 5 rings (SSSR count). The van der Waals surface area contributed by atoms with E-state index in [4.69, 9.17) is 0 Å². The summed E-state index contributed by atoms with van der Waals surface area (Å²) in [6, 6.07) is 12.5. The molecule has 32 heavy (non-hydrogen) atoms. The quantitative estimate of drug-likeness (QED) is 0.710. The molecule has 1 fully saturated rings. The summed E-state index contributed by atoms with van der Waals surface area (Å²) in [5.41, 5.74) is 4.57. The highest BCUT2D eigenvalue weighted by Gasteiger charge is 2.55. The van der Waals surface area contributed by atoms with Crippen LogP contribution in [-0.2, 0) is 14.4 Å². The van der Waals surface area contributed by atoms with E-state index in [1.165, 1.54) is 0 Å². The first-order valence-electron chi connectivity index (χ1n) is 10.1. The molecule has 0 aliphatic carbocycles. The zero-order valence-electron chi connectivity index (χ0n) is 17.1. The summed E-state index contributed by atoms with van der Waals surface area (Å²) in [4.78, 5) is 65.7. The molecule has 3 aliphatic rings. The second kappa shape index (κ2) is 7.23. The van der Waals surface area contributed by atoms with Gasteiger partial charge in [-0.2, -0.15) is 5.10 Å². The van der Waals surface area contributed by atoms with Crippen LogP contribution in [0.4, 0.5) is 5.69 Å². The number of carbonyl (C=O) groups is 5. The Hall–Kier alpha value is -4.14. The average Bonchev–Trinajstić information content (AvgIpc) is 3.41. The molecule has 3 aliphatic heterocycles. The lowest BCUT2D eigenvalue weighted by Gasteiger charge is -2.16. The second-order valence-corrected chi connectivity index (χ2v) is 7.91. The fraction of sp³-hybridized carbons (Fsp3) is 0.217. The predicted octanol–water partition coefficient (Wildman–Crippen LogP) is 1.07. The largest absolute Gasteiger partial charge is 0.296 e. The highest BCUT2D eigenvalue weighted by molar-refractivity contribution is 6.48. The summed E-state index contributed by atoms with van der Waals surface area (Å²) in [5, 5.41) is 3.95. The topological polar surface area (TPSA) is 116 Å². The van der Waals surface area contributed by atoms with Crippen molar-refractivity contribution in [1.82, 2.24) is 10.3 Å². The maximum absolute atomic E-state index is 13.0. The van der Waals surface area contributed by atoms with E-state index in [1.807, 2.05) is 6.92 Å². The number of hydrogen-bond donors (Lipinski definition) is 1. The van der Waals surface area contributed by atoms with E-state index in [0.717, 1.165) is 15.4 Å². The molecule has 3 heterocycles. The fourth-order valence-electron chi connectivity index (χ4n) is 4.25. The van der Waals surface area contributed by atoms with Crippen LogP contribution in [-0.4, -0.2) is 52.6 Å². The Morgan fingerprint density at radius 1 is 0.938 bits per heavy atom. The number of rotatable bonds is 5. The van der Waals surface area contributed by atoms with Crippen molar-refractivity contribution in [3.05, 3.63) is 65.2 Å². The van der Waals surface area contributed by atoms with Crippen LogP contribution in [0.5, 0.6) is 0 Å². The maximum Gasteiger partial charge on any atom is 0.261 e. The van der Waals surface area contributed by atoms with E-state index in [9.17, 15) is 24.0 Å². The van der Waals surface area contributed by atoms with Crippen LogP contribution in [0.25, 0.3) is 0 Å². The molecular formula is C23H18N4O5. The van der Waals surface area contributed by atoms with Crippen molar-refractivity contribution in [2.24, 2.45) is 11.0 Å². The number of nitrogens with zero attached hydrogens (tertiary/aromatic N) is 3. The number of hydrogen-bond acceptors (Lipinski definition) is 7. The van der Waals surface area contributed by atoms with Crippen molar-refractivity contribution >= 4 is 40.8 Å². The normalized spacial score (nSPS) is 21.6. The number of Topliss-reactive ketones (excluding diaryl/α,β-unsaturated/α-hetero) is 1. The van der Waals surface area contributed by atoms with Crippen LogP contribution in [0.3, 0.4) is 0 Å². The molecular weight excluding hydrogens is 412 g/mol. The number of anilines is 1. The smallest absolute Gasteiger partial charge is 0.261 e. The highest BCUT2D eigenvalue weighted by Crippen LogP contribution is 2.31. The van der Waals surface area contributed by atoms with Gasteiger partial charge in [0.25, 0.3) is 17.7 Å². The molecule has 0 saturated carbocycles. The number of aryl methyl sites for hydroxylation is 1. The van der Waals surface area contributed by atoms with Crippen molar-refractivity contribution in [2.75, 3.05) is 11.4 Å². The minimum Gasteiger partial charge on any atom is -0.296 e. The number of ketones is 1. The lowest BCUT2D eigenvalue weighted by Crippen LogP contribution is -2.36. The maximum atomic E-state index is 13.0. The molecule has 0 unspecified atom stereocenters. The van der Waals surface area contributed by atoms with Crippen LogP contribution < -0.4 is 10.3 Å². The van der Waals surface area contributed by atoms with Crippen LogP contribution in [0.15, 0.2) is 53.6 Å². The molecule has 0 bridgehead atoms. The van der Waals surface area contributed by atoms with Crippen molar-refractivity contribution < 1.29 is 24.0 Å². The van der Waals surface area contributed by atoms with Gasteiger partial charge in [-0.05, 0) is 31.2 Å². The van der Waals surface area contributed by atoms with Gasteiger partial charge in [0, 0.05) is 13.0 Å². The molecule has 2 atom stereocenters. The van der Waals surface area contributed by atoms with Gasteiger partial charge in [-0.15, -0.1) is 0 Å². The minimum absolute atomic E-state index is 0.0560. The molecule has 2 aromatic rings. The first kappa shape index (κ1) is 19.8. The predicted molar refractivity (Wildman–Crippen MR) is 113 cm³/mol. The zero-order valence-corrected chi connectivity index (χ0v) is 17.1. The molecule has 1 N–H and O–H groups in total. The zero-order chi connectivity index (χ0) is 22.6. The third-order valence-corrected chi connectivity index (χ3v) is 5.94. The molecule has 160 valence electrons. The molecule has 1 saturated heterocycles. The van der Waals surface area contributed by atoms with Crippen LogP contribution >= 0.6 is 0 Å². The second-order valence-electron chi connectivity index (χ2n) is 7.91. The van der Waals surface area contributed by atoms with Gasteiger partial charge in [-0.25, -0.2) is 4.90 Å². The van der Waals surface area contributed by atoms with Crippen LogP contribution in [0.2, 0.25) is 0 Å². The van der Waals surface area contributed by atoms with Crippen molar-refractivity contribution in [3.8, 4) is 0 Å². The number of carbonyl (C=O) groups excluding carboxylic acids is 5. The van der Waals surface area contributed by atoms with Crippen LogP contribution in [0.1, 0.15) is 32.7 Å². The number of benzene rings is 2. The Morgan fingerprint density at radius 3 is 2.19 bits per heavy atom. The number of hydrazone groups is 1. The summed E-state index contributed by atoms with van der Waals surface area (Å²) >= 11 is 0. The Morgan fingerprint density at radius 2 is 1.56 bits per heavy atom. The fourth-order valence-corrected chi connectivity index (χ4v) is 4.25.